The Hall–Kier alpha value is -3.52. The number of piperidine rings is 1. The van der Waals surface area contributed by atoms with E-state index in [1.165, 1.54) is 5.56 Å². The number of nitrogens with zero attached hydrogens (tertiary/aromatic N) is 4. The number of benzene rings is 2. The number of para-hydroxylation sites is 1. The zero-order valence-corrected chi connectivity index (χ0v) is 20.7. The number of amides is 2. The largest absolute Gasteiger partial charge is 0.339 e. The minimum atomic E-state index is -0.103. The fourth-order valence-corrected chi connectivity index (χ4v) is 4.38. The Morgan fingerprint density at radius 2 is 1.74 bits per heavy atom. The molecule has 1 aliphatic heterocycles. The third-order valence-electron chi connectivity index (χ3n) is 6.56. The summed E-state index contributed by atoms with van der Waals surface area (Å²) in [5.74, 6) is 0.961. The lowest BCUT2D eigenvalue weighted by Crippen LogP contribution is -2.38. The Balaban J connectivity index is 1.31. The highest BCUT2D eigenvalue weighted by Crippen LogP contribution is 2.24. The summed E-state index contributed by atoms with van der Waals surface area (Å²) >= 11 is 0. The lowest BCUT2D eigenvalue weighted by atomic mass is 9.95. The van der Waals surface area contributed by atoms with Crippen molar-refractivity contribution in [2.45, 2.75) is 40.2 Å². The van der Waals surface area contributed by atoms with Crippen molar-refractivity contribution in [2.24, 2.45) is 5.92 Å². The first kappa shape index (κ1) is 24.6. The predicted octanol–water partition coefficient (Wildman–Crippen LogP) is 4.38. The van der Waals surface area contributed by atoms with Gasteiger partial charge in [-0.15, -0.1) is 0 Å². The predicted molar refractivity (Wildman–Crippen MR) is 135 cm³/mol. The molecule has 1 fully saturated rings. The Kier molecular flexibility index (Phi) is 7.92. The summed E-state index contributed by atoms with van der Waals surface area (Å²) in [7, 11) is 0. The van der Waals surface area contributed by atoms with Crippen molar-refractivity contribution in [3.63, 3.8) is 0 Å². The number of hydrogen-bond donors (Lipinski definition) is 1. The van der Waals surface area contributed by atoms with Crippen molar-refractivity contribution < 1.29 is 14.1 Å². The van der Waals surface area contributed by atoms with Crippen LogP contribution in [-0.2, 0) is 11.3 Å². The second-order valence-electron chi connectivity index (χ2n) is 8.94. The molecule has 0 unspecified atom stereocenters. The van der Waals surface area contributed by atoms with E-state index in [9.17, 15) is 9.59 Å². The molecule has 0 atom stereocenters. The molecule has 2 amide bonds. The highest BCUT2D eigenvalue weighted by molar-refractivity contribution is 6.04. The summed E-state index contributed by atoms with van der Waals surface area (Å²) in [5.41, 5.74) is 3.22. The van der Waals surface area contributed by atoms with E-state index in [1.807, 2.05) is 57.2 Å². The van der Waals surface area contributed by atoms with Gasteiger partial charge in [-0.25, -0.2) is 0 Å². The van der Waals surface area contributed by atoms with Crippen LogP contribution in [0.25, 0.3) is 11.4 Å². The summed E-state index contributed by atoms with van der Waals surface area (Å²) in [6.07, 6.45) is 1.47. The van der Waals surface area contributed by atoms with Crippen molar-refractivity contribution in [2.75, 3.05) is 31.5 Å². The molecule has 1 N–H and O–H groups in total. The first-order valence-corrected chi connectivity index (χ1v) is 12.3. The highest BCUT2D eigenvalue weighted by atomic mass is 16.5. The van der Waals surface area contributed by atoms with E-state index in [2.05, 4.69) is 20.4 Å². The van der Waals surface area contributed by atoms with Gasteiger partial charge in [-0.2, -0.15) is 4.98 Å². The van der Waals surface area contributed by atoms with E-state index in [1.54, 1.807) is 17.0 Å². The van der Waals surface area contributed by atoms with Gasteiger partial charge in [0.1, 0.15) is 0 Å². The van der Waals surface area contributed by atoms with Gasteiger partial charge in [0.15, 0.2) is 0 Å². The maximum atomic E-state index is 13.0. The van der Waals surface area contributed by atoms with Gasteiger partial charge in [0.05, 0.1) is 17.8 Å². The lowest BCUT2D eigenvalue weighted by molar-refractivity contribution is -0.121. The van der Waals surface area contributed by atoms with Crippen LogP contribution in [0.4, 0.5) is 5.69 Å². The molecule has 1 saturated heterocycles. The zero-order valence-electron chi connectivity index (χ0n) is 20.7. The van der Waals surface area contributed by atoms with Crippen LogP contribution < -0.4 is 5.32 Å². The van der Waals surface area contributed by atoms with Crippen LogP contribution in [0.1, 0.15) is 48.5 Å². The Bertz CT molecular complexity index is 1150. The van der Waals surface area contributed by atoms with E-state index >= 15 is 0 Å². The molecule has 4 rings (SSSR count). The molecular formula is C27H33N5O3. The van der Waals surface area contributed by atoms with Gasteiger partial charge in [-0.05, 0) is 58.8 Å². The van der Waals surface area contributed by atoms with Crippen LogP contribution in [0.5, 0.6) is 0 Å². The van der Waals surface area contributed by atoms with E-state index < -0.39 is 0 Å². The summed E-state index contributed by atoms with van der Waals surface area (Å²) in [5, 5.41) is 7.12. The monoisotopic (exact) mass is 475 g/mol. The number of carbonyl (C=O) groups is 2. The molecule has 184 valence electrons. The van der Waals surface area contributed by atoms with Crippen LogP contribution in [0, 0.1) is 12.8 Å². The third kappa shape index (κ3) is 5.95. The molecule has 0 spiro atoms. The van der Waals surface area contributed by atoms with Crippen molar-refractivity contribution >= 4 is 17.5 Å². The van der Waals surface area contributed by atoms with Gasteiger partial charge in [-0.3, -0.25) is 14.5 Å². The van der Waals surface area contributed by atoms with Gasteiger partial charge < -0.3 is 14.7 Å². The molecule has 1 aromatic heterocycles. The van der Waals surface area contributed by atoms with Crippen molar-refractivity contribution in [3.8, 4) is 11.4 Å². The molecule has 8 heteroatoms. The fraction of sp³-hybridized carbons (Fsp3) is 0.407. The Morgan fingerprint density at radius 3 is 2.43 bits per heavy atom. The molecule has 35 heavy (non-hydrogen) atoms. The van der Waals surface area contributed by atoms with Crippen molar-refractivity contribution in [1.29, 1.82) is 0 Å². The molecule has 1 aliphatic rings. The van der Waals surface area contributed by atoms with Crippen molar-refractivity contribution in [1.82, 2.24) is 19.9 Å². The summed E-state index contributed by atoms with van der Waals surface area (Å²) in [4.78, 5) is 34.4. The van der Waals surface area contributed by atoms with Crippen LogP contribution in [0.15, 0.2) is 53.1 Å². The SMILES string of the molecule is CCN(CC)C(=O)c1ccccc1NC(=O)C1CCN(Cc2nc(-c3ccc(C)cc3)no2)CC1. The Labute approximate surface area is 206 Å². The second-order valence-corrected chi connectivity index (χ2v) is 8.94. The molecule has 0 saturated carbocycles. The third-order valence-corrected chi connectivity index (χ3v) is 6.56. The van der Waals surface area contributed by atoms with Crippen molar-refractivity contribution in [3.05, 3.63) is 65.5 Å². The van der Waals surface area contributed by atoms with E-state index in [-0.39, 0.29) is 17.7 Å². The van der Waals surface area contributed by atoms with Gasteiger partial charge in [-0.1, -0.05) is 47.1 Å². The second kappa shape index (κ2) is 11.3. The van der Waals surface area contributed by atoms with Gasteiger partial charge in [0.2, 0.25) is 17.6 Å². The minimum Gasteiger partial charge on any atom is -0.339 e. The number of hydrogen-bond acceptors (Lipinski definition) is 6. The zero-order chi connectivity index (χ0) is 24.8. The molecular weight excluding hydrogens is 442 g/mol. The van der Waals surface area contributed by atoms with Gasteiger partial charge in [0.25, 0.3) is 5.91 Å². The number of rotatable bonds is 8. The van der Waals surface area contributed by atoms with Gasteiger partial charge >= 0.3 is 0 Å². The lowest BCUT2D eigenvalue weighted by Gasteiger charge is -2.30. The molecule has 2 heterocycles. The number of likely N-dealkylation sites (tertiary alicyclic amines) is 1. The number of anilines is 1. The standard InChI is InChI=1S/C27H33N5O3/c1-4-32(5-2)27(34)22-8-6-7-9-23(22)28-26(33)21-14-16-31(17-15-21)18-24-29-25(30-35-24)20-12-10-19(3)11-13-20/h6-13,21H,4-5,14-18H2,1-3H3,(H,28,33). The average Bonchev–Trinajstić information content (AvgIpc) is 3.34. The van der Waals surface area contributed by atoms with E-state index in [4.69, 9.17) is 4.52 Å². The van der Waals surface area contributed by atoms with Crippen LogP contribution >= 0.6 is 0 Å². The number of carbonyl (C=O) groups excluding carboxylic acids is 2. The quantitative estimate of drug-likeness (QED) is 0.520. The molecule has 8 nitrogen and oxygen atoms in total. The fourth-order valence-electron chi connectivity index (χ4n) is 4.38. The van der Waals surface area contributed by atoms with E-state index in [0.29, 0.717) is 42.6 Å². The van der Waals surface area contributed by atoms with E-state index in [0.717, 1.165) is 31.5 Å². The first-order valence-electron chi connectivity index (χ1n) is 12.3. The molecule has 0 aliphatic carbocycles. The number of nitrogens with one attached hydrogen (secondary N) is 1. The summed E-state index contributed by atoms with van der Waals surface area (Å²) < 4.78 is 5.46. The molecule has 0 bridgehead atoms. The smallest absolute Gasteiger partial charge is 0.255 e. The topological polar surface area (TPSA) is 91.6 Å². The minimum absolute atomic E-state index is 0.0381. The maximum Gasteiger partial charge on any atom is 0.255 e. The molecule has 2 aromatic carbocycles. The molecule has 3 aromatic rings. The highest BCUT2D eigenvalue weighted by Gasteiger charge is 2.27. The first-order chi connectivity index (χ1) is 17.0. The number of aromatic nitrogens is 2. The summed E-state index contributed by atoms with van der Waals surface area (Å²) in [6.45, 7) is 9.29. The van der Waals surface area contributed by atoms with Crippen LogP contribution in [-0.4, -0.2) is 57.9 Å². The maximum absolute atomic E-state index is 13.0. The number of aryl methyl sites for hydroxylation is 1. The Morgan fingerprint density at radius 1 is 1.06 bits per heavy atom. The normalized spacial score (nSPS) is 14.6. The average molecular weight is 476 g/mol. The molecule has 0 radical (unpaired) electrons. The van der Waals surface area contributed by atoms with Crippen LogP contribution in [0.3, 0.4) is 0 Å². The van der Waals surface area contributed by atoms with Crippen LogP contribution in [0.2, 0.25) is 0 Å². The van der Waals surface area contributed by atoms with Gasteiger partial charge in [0, 0.05) is 24.6 Å². The summed E-state index contributed by atoms with van der Waals surface area (Å²) in [6, 6.07) is 15.3.